The van der Waals surface area contributed by atoms with Gasteiger partial charge >= 0.3 is 0 Å². The minimum atomic E-state index is -0.417. The summed E-state index contributed by atoms with van der Waals surface area (Å²) in [5.74, 6) is 0.786. The number of hydrogen-bond donors (Lipinski definition) is 1. The summed E-state index contributed by atoms with van der Waals surface area (Å²) in [5.41, 5.74) is 1.74. The van der Waals surface area contributed by atoms with Crippen LogP contribution in [0.15, 0.2) is 48.5 Å². The molecule has 0 amide bonds. The van der Waals surface area contributed by atoms with Gasteiger partial charge in [-0.2, -0.15) is 0 Å². The van der Waals surface area contributed by atoms with Crippen LogP contribution in [0.3, 0.4) is 0 Å². The Hall–Kier alpha value is -2.56. The first-order valence-corrected chi connectivity index (χ1v) is 5.93. The van der Waals surface area contributed by atoms with Gasteiger partial charge in [0.15, 0.2) is 0 Å². The number of nitrogens with zero attached hydrogens (tertiary/aromatic N) is 1. The van der Waals surface area contributed by atoms with E-state index < -0.39 is 4.92 Å². The first kappa shape index (κ1) is 12.9. The maximum Gasteiger partial charge on any atom is 0.269 e. The molecule has 2 aromatic rings. The number of non-ortho nitro benzene ring substituents is 1. The van der Waals surface area contributed by atoms with Gasteiger partial charge in [-0.05, 0) is 31.2 Å². The highest BCUT2D eigenvalue weighted by Gasteiger charge is 2.04. The zero-order chi connectivity index (χ0) is 13.7. The molecule has 0 saturated heterocycles. The van der Waals surface area contributed by atoms with Gasteiger partial charge in [-0.25, -0.2) is 0 Å². The van der Waals surface area contributed by atoms with E-state index in [-0.39, 0.29) is 5.69 Å². The molecule has 19 heavy (non-hydrogen) atoms. The SMILES string of the molecule is CCOc1cccc(Nc2ccc([N+](=O)[O-])cc2)c1. The van der Waals surface area contributed by atoms with Gasteiger partial charge in [0.2, 0.25) is 0 Å². The summed E-state index contributed by atoms with van der Waals surface area (Å²) in [6.07, 6.45) is 0. The molecule has 0 aromatic heterocycles. The van der Waals surface area contributed by atoms with Crippen molar-refractivity contribution in [1.29, 1.82) is 0 Å². The minimum Gasteiger partial charge on any atom is -0.494 e. The molecule has 0 aliphatic rings. The number of rotatable bonds is 5. The Morgan fingerprint density at radius 3 is 2.53 bits per heavy atom. The summed E-state index contributed by atoms with van der Waals surface area (Å²) in [6, 6.07) is 13.8. The van der Waals surface area contributed by atoms with Crippen LogP contribution in [-0.2, 0) is 0 Å². The third kappa shape index (κ3) is 3.45. The van der Waals surface area contributed by atoms with Crippen molar-refractivity contribution in [3.63, 3.8) is 0 Å². The quantitative estimate of drug-likeness (QED) is 0.655. The molecule has 5 heteroatoms. The molecule has 0 saturated carbocycles. The number of nitrogens with one attached hydrogen (secondary N) is 1. The van der Waals surface area contributed by atoms with Crippen LogP contribution in [0.2, 0.25) is 0 Å². The highest BCUT2D eigenvalue weighted by atomic mass is 16.6. The van der Waals surface area contributed by atoms with Crippen LogP contribution < -0.4 is 10.1 Å². The molecule has 2 aromatic carbocycles. The summed E-state index contributed by atoms with van der Waals surface area (Å²) < 4.78 is 5.41. The molecule has 0 spiro atoms. The molecule has 5 nitrogen and oxygen atoms in total. The molecule has 0 unspecified atom stereocenters. The molecular formula is C14H14N2O3. The Bertz CT molecular complexity index is 567. The first-order valence-electron chi connectivity index (χ1n) is 5.93. The van der Waals surface area contributed by atoms with Crippen molar-refractivity contribution in [3.8, 4) is 5.75 Å². The van der Waals surface area contributed by atoms with E-state index in [4.69, 9.17) is 4.74 Å². The van der Waals surface area contributed by atoms with E-state index in [0.717, 1.165) is 17.1 Å². The number of nitro benzene ring substituents is 1. The molecule has 0 aliphatic heterocycles. The van der Waals surface area contributed by atoms with Gasteiger partial charge in [0.05, 0.1) is 11.5 Å². The predicted octanol–water partition coefficient (Wildman–Crippen LogP) is 3.74. The van der Waals surface area contributed by atoms with Crippen molar-refractivity contribution < 1.29 is 9.66 Å². The van der Waals surface area contributed by atoms with Crippen LogP contribution in [0, 0.1) is 10.1 Å². The van der Waals surface area contributed by atoms with Crippen LogP contribution in [0.25, 0.3) is 0 Å². The van der Waals surface area contributed by atoms with E-state index in [2.05, 4.69) is 5.32 Å². The smallest absolute Gasteiger partial charge is 0.269 e. The van der Waals surface area contributed by atoms with E-state index in [1.807, 2.05) is 31.2 Å². The second-order valence-corrected chi connectivity index (χ2v) is 3.89. The van der Waals surface area contributed by atoms with Gasteiger partial charge in [0.1, 0.15) is 5.75 Å². The van der Waals surface area contributed by atoms with Crippen LogP contribution in [0.5, 0.6) is 5.75 Å². The first-order chi connectivity index (χ1) is 9.19. The predicted molar refractivity (Wildman–Crippen MR) is 74.0 cm³/mol. The minimum absolute atomic E-state index is 0.0774. The fourth-order valence-corrected chi connectivity index (χ4v) is 1.66. The second kappa shape index (κ2) is 5.86. The number of nitro groups is 1. The molecule has 0 radical (unpaired) electrons. The zero-order valence-electron chi connectivity index (χ0n) is 10.5. The van der Waals surface area contributed by atoms with Gasteiger partial charge in [-0.15, -0.1) is 0 Å². The molecule has 0 atom stereocenters. The highest BCUT2D eigenvalue weighted by molar-refractivity contribution is 5.62. The lowest BCUT2D eigenvalue weighted by atomic mass is 10.2. The number of ether oxygens (including phenoxy) is 1. The molecule has 2 rings (SSSR count). The fraction of sp³-hybridized carbons (Fsp3) is 0.143. The van der Waals surface area contributed by atoms with Gasteiger partial charge in [0, 0.05) is 29.6 Å². The Morgan fingerprint density at radius 2 is 1.89 bits per heavy atom. The number of hydrogen-bond acceptors (Lipinski definition) is 4. The lowest BCUT2D eigenvalue weighted by molar-refractivity contribution is -0.384. The standard InChI is InChI=1S/C14H14N2O3/c1-2-19-14-5-3-4-12(10-14)15-11-6-8-13(9-7-11)16(17)18/h3-10,15H,2H2,1H3. The van der Waals surface area contributed by atoms with E-state index in [9.17, 15) is 10.1 Å². The lowest BCUT2D eigenvalue weighted by Gasteiger charge is -2.08. The van der Waals surface area contributed by atoms with E-state index in [1.165, 1.54) is 12.1 Å². The van der Waals surface area contributed by atoms with E-state index >= 15 is 0 Å². The van der Waals surface area contributed by atoms with Crippen molar-refractivity contribution in [2.45, 2.75) is 6.92 Å². The average molecular weight is 258 g/mol. The molecule has 0 fully saturated rings. The molecule has 1 N–H and O–H groups in total. The number of benzene rings is 2. The van der Waals surface area contributed by atoms with Crippen molar-refractivity contribution >= 4 is 17.1 Å². The summed E-state index contributed by atoms with van der Waals surface area (Å²) >= 11 is 0. The van der Waals surface area contributed by atoms with Crippen molar-refractivity contribution in [3.05, 3.63) is 58.6 Å². The molecule has 0 bridgehead atoms. The monoisotopic (exact) mass is 258 g/mol. The van der Waals surface area contributed by atoms with Crippen molar-refractivity contribution in [1.82, 2.24) is 0 Å². The summed E-state index contributed by atoms with van der Waals surface area (Å²) in [6.45, 7) is 2.54. The molecule has 98 valence electrons. The van der Waals surface area contributed by atoms with Crippen molar-refractivity contribution in [2.75, 3.05) is 11.9 Å². The second-order valence-electron chi connectivity index (χ2n) is 3.89. The van der Waals surface area contributed by atoms with Crippen LogP contribution in [-0.4, -0.2) is 11.5 Å². The number of anilines is 2. The summed E-state index contributed by atoms with van der Waals surface area (Å²) in [4.78, 5) is 10.1. The normalized spacial score (nSPS) is 9.95. The van der Waals surface area contributed by atoms with Crippen LogP contribution >= 0.6 is 0 Å². The Kier molecular flexibility index (Phi) is 3.97. The average Bonchev–Trinajstić information content (AvgIpc) is 2.40. The van der Waals surface area contributed by atoms with Gasteiger partial charge in [-0.1, -0.05) is 6.07 Å². The van der Waals surface area contributed by atoms with E-state index in [0.29, 0.717) is 6.61 Å². The van der Waals surface area contributed by atoms with Crippen LogP contribution in [0.4, 0.5) is 17.1 Å². The topological polar surface area (TPSA) is 64.4 Å². The largest absolute Gasteiger partial charge is 0.494 e. The highest BCUT2D eigenvalue weighted by Crippen LogP contribution is 2.23. The maximum absolute atomic E-state index is 10.6. The molecular weight excluding hydrogens is 244 g/mol. The maximum atomic E-state index is 10.6. The third-order valence-electron chi connectivity index (χ3n) is 2.51. The van der Waals surface area contributed by atoms with Gasteiger partial charge in [-0.3, -0.25) is 10.1 Å². The Balaban J connectivity index is 2.12. The summed E-state index contributed by atoms with van der Waals surface area (Å²) in [7, 11) is 0. The van der Waals surface area contributed by atoms with Crippen molar-refractivity contribution in [2.24, 2.45) is 0 Å². The zero-order valence-corrected chi connectivity index (χ0v) is 10.5. The molecule has 0 heterocycles. The summed E-state index contributed by atoms with van der Waals surface area (Å²) in [5, 5.41) is 13.7. The Morgan fingerprint density at radius 1 is 1.16 bits per heavy atom. The fourth-order valence-electron chi connectivity index (χ4n) is 1.66. The van der Waals surface area contributed by atoms with E-state index in [1.54, 1.807) is 12.1 Å². The van der Waals surface area contributed by atoms with Gasteiger partial charge < -0.3 is 10.1 Å². The van der Waals surface area contributed by atoms with Gasteiger partial charge in [0.25, 0.3) is 5.69 Å². The lowest BCUT2D eigenvalue weighted by Crippen LogP contribution is -1.94. The Labute approximate surface area is 111 Å². The molecule has 0 aliphatic carbocycles. The van der Waals surface area contributed by atoms with Crippen LogP contribution in [0.1, 0.15) is 6.92 Å². The third-order valence-corrected chi connectivity index (χ3v) is 2.51.